The third-order valence-electron chi connectivity index (χ3n) is 4.00. The molecule has 1 rings (SSSR count). The van der Waals surface area contributed by atoms with Crippen LogP contribution < -0.4 is 5.73 Å². The first-order valence-electron chi connectivity index (χ1n) is 7.37. The highest BCUT2D eigenvalue weighted by Crippen LogP contribution is 2.35. The Balaban J connectivity index is 2.38. The number of ether oxygens (including phenoxy) is 1. The zero-order chi connectivity index (χ0) is 14.6. The standard InChI is InChI=1S/C15H30N2O2/c1-11(9-16)13-7-6-12(8-13)10-17(5)14(18)19-15(2,3)4/h11-13H,6-10,16H2,1-5H3. The van der Waals surface area contributed by atoms with Gasteiger partial charge < -0.3 is 15.4 Å². The van der Waals surface area contributed by atoms with Crippen molar-refractivity contribution in [3.05, 3.63) is 0 Å². The molecular weight excluding hydrogens is 240 g/mol. The van der Waals surface area contributed by atoms with Gasteiger partial charge in [0.15, 0.2) is 0 Å². The zero-order valence-corrected chi connectivity index (χ0v) is 13.1. The third-order valence-corrected chi connectivity index (χ3v) is 4.00. The molecule has 19 heavy (non-hydrogen) atoms. The van der Waals surface area contributed by atoms with E-state index in [0.717, 1.165) is 19.0 Å². The first kappa shape index (κ1) is 16.3. The Morgan fingerprint density at radius 3 is 2.58 bits per heavy atom. The maximum absolute atomic E-state index is 11.9. The molecule has 4 heteroatoms. The molecule has 0 aliphatic heterocycles. The maximum atomic E-state index is 11.9. The molecule has 0 bridgehead atoms. The van der Waals surface area contributed by atoms with Crippen LogP contribution in [0.4, 0.5) is 4.79 Å². The Hall–Kier alpha value is -0.770. The van der Waals surface area contributed by atoms with Gasteiger partial charge in [-0.3, -0.25) is 0 Å². The van der Waals surface area contributed by atoms with Gasteiger partial charge in [0, 0.05) is 13.6 Å². The third kappa shape index (κ3) is 5.39. The number of carbonyl (C=O) groups is 1. The van der Waals surface area contributed by atoms with Crippen molar-refractivity contribution in [2.75, 3.05) is 20.1 Å². The molecule has 3 unspecified atom stereocenters. The maximum Gasteiger partial charge on any atom is 0.410 e. The van der Waals surface area contributed by atoms with Crippen LogP contribution in [0.5, 0.6) is 0 Å². The summed E-state index contributed by atoms with van der Waals surface area (Å²) in [5, 5.41) is 0. The molecule has 4 nitrogen and oxygen atoms in total. The van der Waals surface area contributed by atoms with Crippen molar-refractivity contribution in [2.45, 2.75) is 52.6 Å². The van der Waals surface area contributed by atoms with Gasteiger partial charge in [-0.1, -0.05) is 6.92 Å². The van der Waals surface area contributed by atoms with E-state index < -0.39 is 5.60 Å². The first-order chi connectivity index (χ1) is 8.73. The minimum atomic E-state index is -0.419. The van der Waals surface area contributed by atoms with Crippen molar-refractivity contribution in [1.29, 1.82) is 0 Å². The van der Waals surface area contributed by atoms with Crippen LogP contribution in [0.3, 0.4) is 0 Å². The molecule has 1 amide bonds. The lowest BCUT2D eigenvalue weighted by atomic mass is 9.92. The van der Waals surface area contributed by atoms with Crippen molar-refractivity contribution in [2.24, 2.45) is 23.5 Å². The molecule has 0 radical (unpaired) electrons. The van der Waals surface area contributed by atoms with E-state index in [1.807, 2.05) is 27.8 Å². The van der Waals surface area contributed by atoms with Crippen LogP contribution in [-0.2, 0) is 4.74 Å². The van der Waals surface area contributed by atoms with Crippen molar-refractivity contribution in [1.82, 2.24) is 4.90 Å². The number of hydrogen-bond donors (Lipinski definition) is 1. The van der Waals surface area contributed by atoms with Gasteiger partial charge in [-0.2, -0.15) is 0 Å². The van der Waals surface area contributed by atoms with E-state index in [9.17, 15) is 4.79 Å². The van der Waals surface area contributed by atoms with Gasteiger partial charge >= 0.3 is 6.09 Å². The van der Waals surface area contributed by atoms with Crippen LogP contribution >= 0.6 is 0 Å². The van der Waals surface area contributed by atoms with Gasteiger partial charge in [0.05, 0.1) is 0 Å². The van der Waals surface area contributed by atoms with Crippen molar-refractivity contribution >= 4 is 6.09 Å². The lowest BCUT2D eigenvalue weighted by Gasteiger charge is -2.26. The number of hydrogen-bond acceptors (Lipinski definition) is 3. The van der Waals surface area contributed by atoms with Gasteiger partial charge in [0.1, 0.15) is 5.60 Å². The Morgan fingerprint density at radius 1 is 1.42 bits per heavy atom. The largest absolute Gasteiger partial charge is 0.444 e. The van der Waals surface area contributed by atoms with Crippen molar-refractivity contribution in [3.8, 4) is 0 Å². The molecule has 1 aliphatic rings. The van der Waals surface area contributed by atoms with Crippen LogP contribution in [0.2, 0.25) is 0 Å². The normalized spacial score (nSPS) is 25.2. The molecule has 1 fully saturated rings. The summed E-state index contributed by atoms with van der Waals surface area (Å²) in [6.07, 6.45) is 3.40. The molecular formula is C15H30N2O2. The van der Waals surface area contributed by atoms with E-state index in [2.05, 4.69) is 6.92 Å². The van der Waals surface area contributed by atoms with Crippen LogP contribution in [0, 0.1) is 17.8 Å². The average Bonchev–Trinajstić information content (AvgIpc) is 2.74. The fourth-order valence-electron chi connectivity index (χ4n) is 2.79. The summed E-state index contributed by atoms with van der Waals surface area (Å²) in [7, 11) is 1.83. The predicted octanol–water partition coefficient (Wildman–Crippen LogP) is 2.86. The molecule has 0 spiro atoms. The smallest absolute Gasteiger partial charge is 0.410 e. The fourth-order valence-corrected chi connectivity index (χ4v) is 2.79. The van der Waals surface area contributed by atoms with Crippen LogP contribution in [0.1, 0.15) is 47.0 Å². The molecule has 0 aromatic heterocycles. The second-order valence-corrected chi connectivity index (χ2v) is 7.01. The number of amides is 1. The lowest BCUT2D eigenvalue weighted by molar-refractivity contribution is 0.0273. The van der Waals surface area contributed by atoms with Gasteiger partial charge in [0.2, 0.25) is 0 Å². The Morgan fingerprint density at radius 2 is 2.05 bits per heavy atom. The summed E-state index contributed by atoms with van der Waals surface area (Å²) < 4.78 is 5.37. The number of nitrogens with zero attached hydrogens (tertiary/aromatic N) is 1. The van der Waals surface area contributed by atoms with Crippen LogP contribution in [-0.4, -0.2) is 36.7 Å². The van der Waals surface area contributed by atoms with E-state index in [1.54, 1.807) is 4.90 Å². The highest BCUT2D eigenvalue weighted by molar-refractivity contribution is 5.67. The molecule has 0 saturated heterocycles. The van der Waals surface area contributed by atoms with Crippen LogP contribution in [0.25, 0.3) is 0 Å². The monoisotopic (exact) mass is 270 g/mol. The number of rotatable bonds is 4. The summed E-state index contributed by atoms with van der Waals surface area (Å²) in [6.45, 7) is 9.47. The minimum Gasteiger partial charge on any atom is -0.444 e. The Bertz CT molecular complexity index is 299. The fraction of sp³-hybridized carbons (Fsp3) is 0.933. The zero-order valence-electron chi connectivity index (χ0n) is 13.1. The van der Waals surface area contributed by atoms with E-state index in [1.165, 1.54) is 19.3 Å². The van der Waals surface area contributed by atoms with E-state index >= 15 is 0 Å². The van der Waals surface area contributed by atoms with Crippen LogP contribution in [0.15, 0.2) is 0 Å². The summed E-state index contributed by atoms with van der Waals surface area (Å²) in [6, 6.07) is 0. The summed E-state index contributed by atoms with van der Waals surface area (Å²) in [5.41, 5.74) is 5.31. The van der Waals surface area contributed by atoms with E-state index in [-0.39, 0.29) is 6.09 Å². The first-order valence-corrected chi connectivity index (χ1v) is 7.37. The summed E-state index contributed by atoms with van der Waals surface area (Å²) >= 11 is 0. The Kier molecular flexibility index (Phi) is 5.65. The number of nitrogens with two attached hydrogens (primary N) is 1. The van der Waals surface area contributed by atoms with Crippen molar-refractivity contribution in [3.63, 3.8) is 0 Å². The molecule has 2 N–H and O–H groups in total. The molecule has 0 aromatic carbocycles. The second-order valence-electron chi connectivity index (χ2n) is 7.01. The lowest BCUT2D eigenvalue weighted by Crippen LogP contribution is -2.36. The summed E-state index contributed by atoms with van der Waals surface area (Å²) in [4.78, 5) is 13.6. The van der Waals surface area contributed by atoms with Gasteiger partial charge in [-0.15, -0.1) is 0 Å². The quantitative estimate of drug-likeness (QED) is 0.854. The molecule has 0 heterocycles. The van der Waals surface area contributed by atoms with E-state index in [0.29, 0.717) is 11.8 Å². The highest BCUT2D eigenvalue weighted by atomic mass is 16.6. The number of carbonyl (C=O) groups excluding carboxylic acids is 1. The highest BCUT2D eigenvalue weighted by Gasteiger charge is 2.30. The molecule has 112 valence electrons. The average molecular weight is 270 g/mol. The Labute approximate surface area is 117 Å². The molecule has 1 saturated carbocycles. The van der Waals surface area contributed by atoms with Gasteiger partial charge in [-0.05, 0) is 64.3 Å². The van der Waals surface area contributed by atoms with E-state index in [4.69, 9.17) is 10.5 Å². The molecule has 1 aliphatic carbocycles. The van der Waals surface area contributed by atoms with Gasteiger partial charge in [0.25, 0.3) is 0 Å². The molecule has 0 aromatic rings. The second kappa shape index (κ2) is 6.60. The minimum absolute atomic E-state index is 0.220. The predicted molar refractivity (Wildman–Crippen MR) is 77.9 cm³/mol. The van der Waals surface area contributed by atoms with Gasteiger partial charge in [-0.25, -0.2) is 4.79 Å². The summed E-state index contributed by atoms with van der Waals surface area (Å²) in [5.74, 6) is 1.91. The molecule has 3 atom stereocenters. The topological polar surface area (TPSA) is 55.6 Å². The SMILES string of the molecule is CC(CN)C1CCC(CN(C)C(=O)OC(C)(C)C)C1. The van der Waals surface area contributed by atoms with Crippen molar-refractivity contribution < 1.29 is 9.53 Å².